The van der Waals surface area contributed by atoms with Crippen LogP contribution in [0, 0.1) is 13.8 Å². The van der Waals surface area contributed by atoms with Crippen molar-refractivity contribution >= 4 is 73.8 Å². The highest BCUT2D eigenvalue weighted by Crippen LogP contribution is 2.39. The maximum Gasteiger partial charge on any atom is 0.331 e. The predicted octanol–water partition coefficient (Wildman–Crippen LogP) is 8.16. The highest BCUT2D eigenvalue weighted by Gasteiger charge is 2.23. The molecule has 2 aliphatic rings. The number of carbonyl (C=O) groups excluding carboxylic acids is 4. The van der Waals surface area contributed by atoms with Crippen LogP contribution in [0.4, 0.5) is 0 Å². The molecule has 0 spiro atoms. The van der Waals surface area contributed by atoms with E-state index in [-0.39, 0.29) is 44.4 Å². The second-order valence-electron chi connectivity index (χ2n) is 13.3. The van der Waals surface area contributed by atoms with Crippen molar-refractivity contribution in [1.29, 1.82) is 0 Å². The topological polar surface area (TPSA) is 163 Å². The predicted molar refractivity (Wildman–Crippen MR) is 213 cm³/mol. The lowest BCUT2D eigenvalue weighted by atomic mass is 9.97. The average Bonchev–Trinajstić information content (AvgIpc) is 3.83. The van der Waals surface area contributed by atoms with Crippen LogP contribution in [0.1, 0.15) is 99.3 Å². The summed E-state index contributed by atoms with van der Waals surface area (Å²) in [6, 6.07) is 9.91. The number of methoxy groups -OCH3 is 2. The van der Waals surface area contributed by atoms with Gasteiger partial charge < -0.3 is 28.9 Å². The number of rotatable bonds is 13. The number of nitrogens with zero attached hydrogens (tertiary/aromatic N) is 2. The molecule has 0 atom stereocenters. The third-order valence-corrected chi connectivity index (χ3v) is 9.69. The number of esters is 4. The Morgan fingerprint density at radius 1 is 0.673 bits per heavy atom. The van der Waals surface area contributed by atoms with Gasteiger partial charge in [0.1, 0.15) is 0 Å². The van der Waals surface area contributed by atoms with Crippen molar-refractivity contribution in [1.82, 2.24) is 19.9 Å². The molecular formula is C43H48N4O8. The van der Waals surface area contributed by atoms with Gasteiger partial charge in [-0.3, -0.25) is 9.59 Å². The van der Waals surface area contributed by atoms with E-state index in [2.05, 4.69) is 16.0 Å². The lowest BCUT2D eigenvalue weighted by molar-refractivity contribution is -0.141. The van der Waals surface area contributed by atoms with Gasteiger partial charge in [-0.2, -0.15) is 0 Å². The largest absolute Gasteiger partial charge is 0.469 e. The van der Waals surface area contributed by atoms with Crippen molar-refractivity contribution in [2.75, 3.05) is 27.4 Å². The number of hydrogen-bond donors (Lipinski definition) is 2. The van der Waals surface area contributed by atoms with Crippen LogP contribution in [0.5, 0.6) is 0 Å². The lowest BCUT2D eigenvalue weighted by Gasteiger charge is -2.07. The van der Waals surface area contributed by atoms with E-state index in [1.54, 1.807) is 19.9 Å². The average molecular weight is 749 g/mol. The van der Waals surface area contributed by atoms with Crippen LogP contribution in [0.25, 0.3) is 49.9 Å². The van der Waals surface area contributed by atoms with E-state index in [0.717, 1.165) is 61.2 Å². The monoisotopic (exact) mass is 748 g/mol. The minimum absolute atomic E-state index is 0.143. The van der Waals surface area contributed by atoms with Crippen molar-refractivity contribution in [3.8, 4) is 0 Å². The molecule has 3 aromatic rings. The maximum absolute atomic E-state index is 13.0. The minimum atomic E-state index is -0.512. The van der Waals surface area contributed by atoms with E-state index in [9.17, 15) is 19.2 Å². The van der Waals surface area contributed by atoms with E-state index < -0.39 is 11.9 Å². The molecule has 8 bridgehead atoms. The molecule has 3 aromatic heterocycles. The normalized spacial score (nSPS) is 13.1. The Morgan fingerprint density at radius 3 is 1.80 bits per heavy atom. The number of nitrogens with one attached hydrogen (secondary N) is 2. The summed E-state index contributed by atoms with van der Waals surface area (Å²) in [5.74, 6) is -1.66. The number of ether oxygens (including phenoxy) is 4. The van der Waals surface area contributed by atoms with Crippen LogP contribution in [0.15, 0.2) is 48.6 Å². The molecule has 2 N–H and O–H groups in total. The van der Waals surface area contributed by atoms with Crippen LogP contribution in [-0.2, 0) is 38.1 Å². The molecule has 2 aliphatic heterocycles. The first-order valence-electron chi connectivity index (χ1n) is 18.3. The standard InChI is InChI=1S/C43H48N4O8/c1-9-54-41(50)13-11-12-28(19-42(51)55-10-2)43-27(6)33-20-29-18-24(3)32(44-29)21-34-25(4)30(14-16-39(48)52-7)36(45-34)23-37-31(15-17-40(49)53-8)26(5)35(46-37)22-38(43)47-33/h11,13,18-23,44,47H,9-10,12,14-17H2,1-8H3/b13-11-,28-19+,29-20?,32-21?,33-20?,34-21?,35-22?,36-23?,37-23?,38-22?. The number of hydrogen-bond acceptors (Lipinski definition) is 10. The van der Waals surface area contributed by atoms with Crippen molar-refractivity contribution in [2.24, 2.45) is 0 Å². The van der Waals surface area contributed by atoms with Gasteiger partial charge in [-0.15, -0.1) is 0 Å². The fourth-order valence-electron chi connectivity index (χ4n) is 6.79. The first kappa shape index (κ1) is 40.2. The van der Waals surface area contributed by atoms with Crippen LogP contribution >= 0.6 is 0 Å². The zero-order valence-electron chi connectivity index (χ0n) is 32.7. The zero-order valence-corrected chi connectivity index (χ0v) is 32.7. The summed E-state index contributed by atoms with van der Waals surface area (Å²) in [7, 11) is 2.74. The van der Waals surface area contributed by atoms with Gasteiger partial charge >= 0.3 is 23.9 Å². The van der Waals surface area contributed by atoms with Crippen LogP contribution in [-0.4, -0.2) is 71.2 Å². The molecule has 0 amide bonds. The third kappa shape index (κ3) is 9.37. The van der Waals surface area contributed by atoms with E-state index in [0.29, 0.717) is 41.0 Å². The van der Waals surface area contributed by atoms with Gasteiger partial charge in [0.25, 0.3) is 0 Å². The summed E-state index contributed by atoms with van der Waals surface area (Å²) in [6.07, 6.45) is 5.81. The Hall–Kier alpha value is -6.04. The molecule has 0 unspecified atom stereocenters. The quantitative estimate of drug-likeness (QED) is 0.0991. The van der Waals surface area contributed by atoms with Gasteiger partial charge in [-0.1, -0.05) is 6.08 Å². The summed E-state index contributed by atoms with van der Waals surface area (Å²) in [4.78, 5) is 67.1. The molecule has 0 saturated heterocycles. The van der Waals surface area contributed by atoms with E-state index in [1.165, 1.54) is 26.4 Å². The van der Waals surface area contributed by atoms with E-state index >= 15 is 0 Å². The van der Waals surface area contributed by atoms with Gasteiger partial charge in [0, 0.05) is 52.6 Å². The summed E-state index contributed by atoms with van der Waals surface area (Å²) in [5.41, 5.74) is 12.7. The molecule has 288 valence electrons. The number of H-pyrrole nitrogens is 2. The van der Waals surface area contributed by atoms with Gasteiger partial charge in [-0.25, -0.2) is 19.6 Å². The van der Waals surface area contributed by atoms with E-state index in [1.807, 2.05) is 52.0 Å². The van der Waals surface area contributed by atoms with Gasteiger partial charge in [0.15, 0.2) is 0 Å². The Bertz CT molecular complexity index is 2320. The second-order valence-corrected chi connectivity index (χ2v) is 13.3. The van der Waals surface area contributed by atoms with Crippen molar-refractivity contribution in [2.45, 2.75) is 73.6 Å². The number of carbonyl (C=O) groups is 4. The molecule has 12 nitrogen and oxygen atoms in total. The zero-order chi connectivity index (χ0) is 39.8. The molecule has 0 radical (unpaired) electrons. The number of aryl methyl sites for hydroxylation is 2. The summed E-state index contributed by atoms with van der Waals surface area (Å²) in [6.45, 7) is 11.9. The van der Waals surface area contributed by atoms with Crippen molar-refractivity contribution in [3.05, 3.63) is 88.0 Å². The molecule has 0 aliphatic carbocycles. The Morgan fingerprint density at radius 2 is 1.24 bits per heavy atom. The van der Waals surface area contributed by atoms with Crippen LogP contribution in [0.2, 0.25) is 0 Å². The maximum atomic E-state index is 13.0. The number of allylic oxidation sites excluding steroid dienone is 6. The number of aromatic nitrogens is 4. The first-order chi connectivity index (χ1) is 26.4. The number of aromatic amines is 2. The van der Waals surface area contributed by atoms with Gasteiger partial charge in [0.2, 0.25) is 0 Å². The summed E-state index contributed by atoms with van der Waals surface area (Å²) >= 11 is 0. The highest BCUT2D eigenvalue weighted by molar-refractivity contribution is 6.00. The lowest BCUT2D eigenvalue weighted by Crippen LogP contribution is -2.02. The molecular weight excluding hydrogens is 700 g/mol. The first-order valence-corrected chi connectivity index (χ1v) is 18.3. The van der Waals surface area contributed by atoms with E-state index in [4.69, 9.17) is 28.9 Å². The minimum Gasteiger partial charge on any atom is -0.469 e. The fraction of sp³-hybridized carbons (Fsp3) is 0.349. The van der Waals surface area contributed by atoms with Crippen LogP contribution in [0.3, 0.4) is 0 Å². The van der Waals surface area contributed by atoms with Crippen molar-refractivity contribution < 1.29 is 38.1 Å². The Kier molecular flexibility index (Phi) is 13.0. The van der Waals surface area contributed by atoms with Crippen LogP contribution < -0.4 is 0 Å². The molecule has 0 saturated carbocycles. The second kappa shape index (κ2) is 17.9. The summed E-state index contributed by atoms with van der Waals surface area (Å²) in [5, 5.41) is 0. The summed E-state index contributed by atoms with van der Waals surface area (Å²) < 4.78 is 20.4. The Balaban J connectivity index is 1.86. The molecule has 5 rings (SSSR count). The molecule has 12 heteroatoms. The van der Waals surface area contributed by atoms with Crippen molar-refractivity contribution in [3.63, 3.8) is 0 Å². The fourth-order valence-corrected chi connectivity index (χ4v) is 6.79. The number of fused-ring (bicyclic) bond motifs is 8. The molecule has 55 heavy (non-hydrogen) atoms. The molecule has 5 heterocycles. The van der Waals surface area contributed by atoms with Gasteiger partial charge in [-0.05, 0) is 130 Å². The Labute approximate surface area is 320 Å². The SMILES string of the molecule is CCOC(=O)/C=C\C/C(=C\C(=O)OCC)c1c(C)c2cc3cc(C)c(cc4nc(cc5nc(cc1[nH]2)C(C)=C5CCC(=O)OC)C(CCC(=O)OC)=C4C)[nH]3. The smallest absolute Gasteiger partial charge is 0.331 e. The third-order valence-electron chi connectivity index (χ3n) is 9.69. The van der Waals surface area contributed by atoms with Gasteiger partial charge in [0.05, 0.1) is 50.2 Å². The highest BCUT2D eigenvalue weighted by atomic mass is 16.5. The molecule has 0 fully saturated rings. The molecule has 0 aromatic carbocycles.